The molecule has 3 N–H and O–H groups in total. The Labute approximate surface area is 193 Å². The van der Waals surface area contributed by atoms with Crippen LogP contribution in [0, 0.1) is 16.7 Å². The summed E-state index contributed by atoms with van der Waals surface area (Å²) in [4.78, 5) is 12.4. The lowest BCUT2D eigenvalue weighted by Gasteiger charge is -2.04. The van der Waals surface area contributed by atoms with Gasteiger partial charge >= 0.3 is 5.97 Å². The quantitative estimate of drug-likeness (QED) is 0.276. The van der Waals surface area contributed by atoms with Crippen molar-refractivity contribution >= 4 is 35.0 Å². The lowest BCUT2D eigenvalue weighted by atomic mass is 10.2. The number of carbonyl (C=O) groups is 1. The van der Waals surface area contributed by atoms with Gasteiger partial charge in [0, 0.05) is 5.69 Å². The van der Waals surface area contributed by atoms with Crippen LogP contribution in [0.3, 0.4) is 0 Å². The average molecular weight is 464 g/mol. The number of esters is 1. The van der Waals surface area contributed by atoms with Crippen LogP contribution in [-0.2, 0) is 9.53 Å². The molecule has 3 rings (SSSR count). The van der Waals surface area contributed by atoms with E-state index < -0.39 is 11.9 Å². The van der Waals surface area contributed by atoms with E-state index in [-0.39, 0.29) is 26.9 Å². The first kappa shape index (κ1) is 23.3. The normalized spacial score (nSPS) is 12.6. The number of aliphatic hydroxyl groups excluding tert-OH is 1. The van der Waals surface area contributed by atoms with Gasteiger partial charge in [0.15, 0.2) is 11.1 Å². The molecule has 1 aromatic heterocycles. The summed E-state index contributed by atoms with van der Waals surface area (Å²) in [5, 5.41) is 32.8. The molecule has 2 aromatic carbocycles. The van der Waals surface area contributed by atoms with Crippen molar-refractivity contribution in [3.63, 3.8) is 0 Å². The molecule has 10 heteroatoms. The van der Waals surface area contributed by atoms with Gasteiger partial charge in [0.05, 0.1) is 19.9 Å². The number of carbonyl (C=O) groups excluding carboxylic acids is 1. The third-order valence-electron chi connectivity index (χ3n) is 4.38. The van der Waals surface area contributed by atoms with Crippen LogP contribution >= 0.6 is 11.3 Å². The van der Waals surface area contributed by atoms with Gasteiger partial charge in [-0.1, -0.05) is 18.2 Å². The standard InChI is InChI=1S/C23H21N5O4S/c1-3-32-23(30)18(13-24)22-28(16-7-5-4-6-8-16)20(25)19(33-22)21(29)27-26-14-15-9-11-17(31-2)12-10-15/h4-12,14,25,27,29H,3H2,1-2H3/b21-19+,22-18-,25-20?,26-14+. The number of nitrogens with one attached hydrogen (secondary N) is 2. The van der Waals surface area contributed by atoms with E-state index in [1.807, 2.05) is 6.07 Å². The zero-order chi connectivity index (χ0) is 23.8. The molecule has 0 atom stereocenters. The molecular formula is C23H21N5O4S. The summed E-state index contributed by atoms with van der Waals surface area (Å²) in [7, 11) is 1.57. The Morgan fingerprint density at radius 3 is 2.58 bits per heavy atom. The van der Waals surface area contributed by atoms with E-state index in [9.17, 15) is 15.2 Å². The number of thiazole rings is 1. The predicted molar refractivity (Wildman–Crippen MR) is 124 cm³/mol. The number of methoxy groups -OCH3 is 1. The number of aliphatic hydroxyl groups is 1. The Balaban J connectivity index is 2.12. The van der Waals surface area contributed by atoms with E-state index in [0.717, 1.165) is 16.9 Å². The molecule has 0 aliphatic rings. The summed E-state index contributed by atoms with van der Waals surface area (Å²) in [5.41, 5.74) is 3.42. The van der Waals surface area contributed by atoms with Crippen molar-refractivity contribution in [1.82, 2.24) is 9.99 Å². The van der Waals surface area contributed by atoms with Gasteiger partial charge in [-0.05, 0) is 48.9 Å². The van der Waals surface area contributed by atoms with Crippen molar-refractivity contribution in [3.8, 4) is 17.5 Å². The highest BCUT2D eigenvalue weighted by Crippen LogP contribution is 2.09. The van der Waals surface area contributed by atoms with Crippen molar-refractivity contribution < 1.29 is 19.4 Å². The predicted octanol–water partition coefficient (Wildman–Crippen LogP) is 1.51. The maximum Gasteiger partial charge on any atom is 0.351 e. The Morgan fingerprint density at radius 1 is 1.27 bits per heavy atom. The molecule has 9 nitrogen and oxygen atoms in total. The van der Waals surface area contributed by atoms with E-state index >= 15 is 0 Å². The number of hydrazone groups is 1. The number of hydrogen-bond donors (Lipinski definition) is 3. The Morgan fingerprint density at radius 2 is 1.97 bits per heavy atom. The highest BCUT2D eigenvalue weighted by Gasteiger charge is 2.17. The monoisotopic (exact) mass is 463 g/mol. The van der Waals surface area contributed by atoms with Crippen LogP contribution in [0.15, 0.2) is 59.7 Å². The number of nitriles is 1. The van der Waals surface area contributed by atoms with E-state index in [1.165, 1.54) is 10.8 Å². The fourth-order valence-corrected chi connectivity index (χ4v) is 3.88. The minimum absolute atomic E-state index is 0.0952. The Bertz CT molecular complexity index is 1380. The van der Waals surface area contributed by atoms with Crippen LogP contribution in [0.2, 0.25) is 0 Å². The molecule has 0 aliphatic carbocycles. The zero-order valence-corrected chi connectivity index (χ0v) is 18.7. The van der Waals surface area contributed by atoms with Crippen molar-refractivity contribution in [2.24, 2.45) is 5.10 Å². The van der Waals surface area contributed by atoms with Gasteiger partial charge in [-0.15, -0.1) is 11.3 Å². The van der Waals surface area contributed by atoms with Gasteiger partial charge in [0.25, 0.3) is 0 Å². The number of nitrogens with zero attached hydrogens (tertiary/aromatic N) is 3. The molecular weight excluding hydrogens is 442 g/mol. The largest absolute Gasteiger partial charge is 0.497 e. The van der Waals surface area contributed by atoms with Crippen LogP contribution in [-0.4, -0.2) is 35.6 Å². The molecule has 1 heterocycles. The van der Waals surface area contributed by atoms with Gasteiger partial charge in [0.2, 0.25) is 5.88 Å². The molecule has 33 heavy (non-hydrogen) atoms. The Hall–Kier alpha value is -4.36. The average Bonchev–Trinajstić information content (AvgIpc) is 3.17. The molecule has 0 aliphatic heterocycles. The lowest BCUT2D eigenvalue weighted by molar-refractivity contribution is -0.136. The van der Waals surface area contributed by atoms with Crippen LogP contribution in [0.1, 0.15) is 12.5 Å². The second-order valence-electron chi connectivity index (χ2n) is 6.45. The minimum atomic E-state index is -0.803. The highest BCUT2D eigenvalue weighted by atomic mass is 32.1. The molecule has 3 aromatic rings. The van der Waals surface area contributed by atoms with Gasteiger partial charge in [0.1, 0.15) is 21.0 Å². The summed E-state index contributed by atoms with van der Waals surface area (Å²) in [5.74, 6) is -0.495. The number of benzene rings is 2. The lowest BCUT2D eigenvalue weighted by Crippen LogP contribution is -2.34. The Kier molecular flexibility index (Phi) is 7.62. The number of aromatic nitrogens is 1. The second kappa shape index (κ2) is 10.8. The SMILES string of the molecule is CCOC(=O)/C(C#N)=c1\s/c(=C(/O)N/N=C/c2ccc(OC)cc2)c(=N)n1-c1ccccc1. The fourth-order valence-electron chi connectivity index (χ4n) is 2.83. The van der Waals surface area contributed by atoms with Crippen molar-refractivity contribution in [2.45, 2.75) is 6.92 Å². The van der Waals surface area contributed by atoms with Gasteiger partial charge in [-0.25, -0.2) is 10.2 Å². The molecule has 0 unspecified atom stereocenters. The third kappa shape index (κ3) is 5.28. The summed E-state index contributed by atoms with van der Waals surface area (Å²) in [6.45, 7) is 1.73. The summed E-state index contributed by atoms with van der Waals surface area (Å²) < 4.78 is 11.8. The number of hydrogen-bond acceptors (Lipinski definition) is 9. The topological polar surface area (TPSA) is 133 Å². The molecule has 0 bridgehead atoms. The molecule has 0 amide bonds. The van der Waals surface area contributed by atoms with E-state index in [2.05, 4.69) is 10.5 Å². The maximum atomic E-state index is 12.4. The molecule has 0 saturated carbocycles. The summed E-state index contributed by atoms with van der Waals surface area (Å²) in [6, 6.07) is 17.8. The van der Waals surface area contributed by atoms with Crippen LogP contribution < -0.4 is 24.8 Å². The van der Waals surface area contributed by atoms with Crippen molar-refractivity contribution in [3.05, 3.63) is 74.8 Å². The molecule has 0 saturated heterocycles. The first-order chi connectivity index (χ1) is 16.0. The molecule has 0 fully saturated rings. The third-order valence-corrected chi connectivity index (χ3v) is 5.55. The first-order valence-corrected chi connectivity index (χ1v) is 10.6. The van der Waals surface area contributed by atoms with Gasteiger partial charge in [-0.3, -0.25) is 9.98 Å². The van der Waals surface area contributed by atoms with E-state index in [0.29, 0.717) is 11.4 Å². The maximum absolute atomic E-state index is 12.4. The minimum Gasteiger partial charge on any atom is -0.497 e. The number of ether oxygens (including phenoxy) is 2. The molecule has 0 spiro atoms. The number of para-hydroxylation sites is 1. The van der Waals surface area contributed by atoms with Crippen molar-refractivity contribution in [1.29, 1.82) is 10.7 Å². The number of rotatable bonds is 7. The van der Waals surface area contributed by atoms with Crippen LogP contribution in [0.4, 0.5) is 0 Å². The van der Waals surface area contributed by atoms with E-state index in [1.54, 1.807) is 68.6 Å². The van der Waals surface area contributed by atoms with E-state index in [4.69, 9.17) is 14.9 Å². The van der Waals surface area contributed by atoms with Gasteiger partial charge in [-0.2, -0.15) is 10.4 Å². The van der Waals surface area contributed by atoms with Crippen LogP contribution in [0.5, 0.6) is 5.75 Å². The summed E-state index contributed by atoms with van der Waals surface area (Å²) in [6.07, 6.45) is 1.49. The second-order valence-corrected chi connectivity index (χ2v) is 7.45. The molecule has 168 valence electrons. The first-order valence-electron chi connectivity index (χ1n) is 9.80. The van der Waals surface area contributed by atoms with Crippen molar-refractivity contribution in [2.75, 3.05) is 13.7 Å². The smallest absolute Gasteiger partial charge is 0.351 e. The highest BCUT2D eigenvalue weighted by molar-refractivity contribution is 7.07. The molecule has 0 radical (unpaired) electrons. The zero-order valence-electron chi connectivity index (χ0n) is 17.9. The van der Waals surface area contributed by atoms with Crippen LogP contribution in [0.25, 0.3) is 17.1 Å². The fraction of sp³-hybridized carbons (Fsp3) is 0.130. The summed E-state index contributed by atoms with van der Waals surface area (Å²) >= 11 is 0.902. The van der Waals surface area contributed by atoms with Gasteiger partial charge < -0.3 is 14.6 Å².